The van der Waals surface area contributed by atoms with E-state index in [1.807, 2.05) is 6.08 Å². The first kappa shape index (κ1) is 13.8. The van der Waals surface area contributed by atoms with Gasteiger partial charge in [0.15, 0.2) is 5.78 Å². The van der Waals surface area contributed by atoms with Crippen LogP contribution in [0.15, 0.2) is 23.3 Å². The van der Waals surface area contributed by atoms with Crippen LogP contribution in [-0.4, -0.2) is 17.0 Å². The number of allylic oxidation sites excluding steroid dienone is 2. The van der Waals surface area contributed by atoms with Crippen molar-refractivity contribution in [2.24, 2.45) is 22.7 Å². The number of carbonyl (C=O) groups excluding carboxylic acids is 1. The van der Waals surface area contributed by atoms with Crippen LogP contribution >= 0.6 is 0 Å². The minimum Gasteiger partial charge on any atom is -0.392 e. The summed E-state index contributed by atoms with van der Waals surface area (Å²) in [6.45, 7) is 4.72. The Balaban J connectivity index is 1.73. The third-order valence-electron chi connectivity index (χ3n) is 7.30. The molecule has 0 aliphatic heterocycles. The minimum absolute atomic E-state index is 0.0237. The summed E-state index contributed by atoms with van der Waals surface area (Å²) in [5, 5.41) is 10.4. The summed E-state index contributed by atoms with van der Waals surface area (Å²) in [6.07, 6.45) is 11.3. The standard InChI is InChI=1S/C19H26O2/c1-18-9-10-19(2)16(7-8-17(19)21)15(18)5-3-12-11-13(20)4-6-14(12)18/h7,11,14-15,17,21H,3-6,8-10H2,1-2H3/t14-,15-,17-,18+,19-/m0/s1. The Morgan fingerprint density at radius 1 is 1.14 bits per heavy atom. The molecule has 0 saturated heterocycles. The van der Waals surface area contributed by atoms with E-state index in [9.17, 15) is 9.90 Å². The Labute approximate surface area is 127 Å². The van der Waals surface area contributed by atoms with E-state index in [2.05, 4.69) is 19.9 Å². The number of carbonyl (C=O) groups is 1. The van der Waals surface area contributed by atoms with Crippen LogP contribution in [0.5, 0.6) is 0 Å². The SMILES string of the molecule is C[C@]12CC[C@@]3(C)C(=CC[C@@H]3O)[C@@H]1CCC1=CC(=O)CC[C@@H]12. The molecule has 0 aromatic heterocycles. The monoisotopic (exact) mass is 286 g/mol. The molecule has 4 rings (SSSR count). The van der Waals surface area contributed by atoms with Crippen LogP contribution in [0.25, 0.3) is 0 Å². The summed E-state index contributed by atoms with van der Waals surface area (Å²) in [7, 11) is 0. The van der Waals surface area contributed by atoms with Crippen molar-refractivity contribution in [2.45, 2.75) is 64.9 Å². The highest BCUT2D eigenvalue weighted by Gasteiger charge is 2.57. The Bertz CT molecular complexity index is 558. The van der Waals surface area contributed by atoms with E-state index in [4.69, 9.17) is 0 Å². The molecule has 2 saturated carbocycles. The van der Waals surface area contributed by atoms with Gasteiger partial charge in [-0.1, -0.05) is 31.1 Å². The zero-order valence-electron chi connectivity index (χ0n) is 13.2. The maximum absolute atomic E-state index is 11.7. The normalized spacial score (nSPS) is 48.9. The molecule has 0 heterocycles. The lowest BCUT2D eigenvalue weighted by molar-refractivity contribution is -0.116. The van der Waals surface area contributed by atoms with Gasteiger partial charge in [-0.3, -0.25) is 4.79 Å². The van der Waals surface area contributed by atoms with Crippen molar-refractivity contribution in [1.82, 2.24) is 0 Å². The van der Waals surface area contributed by atoms with Crippen LogP contribution < -0.4 is 0 Å². The molecular weight excluding hydrogens is 260 g/mol. The molecule has 0 amide bonds. The van der Waals surface area contributed by atoms with Crippen molar-refractivity contribution in [2.75, 3.05) is 0 Å². The van der Waals surface area contributed by atoms with Gasteiger partial charge in [0.25, 0.3) is 0 Å². The first-order chi connectivity index (χ1) is 9.95. The number of hydrogen-bond acceptors (Lipinski definition) is 2. The molecule has 1 N–H and O–H groups in total. The highest BCUT2D eigenvalue weighted by molar-refractivity contribution is 5.91. The first-order valence-electron chi connectivity index (χ1n) is 8.57. The van der Waals surface area contributed by atoms with Gasteiger partial charge < -0.3 is 5.11 Å². The smallest absolute Gasteiger partial charge is 0.155 e. The third-order valence-corrected chi connectivity index (χ3v) is 7.30. The van der Waals surface area contributed by atoms with Crippen molar-refractivity contribution in [1.29, 1.82) is 0 Å². The second-order valence-corrected chi connectivity index (χ2v) is 8.20. The molecule has 0 aromatic rings. The predicted molar refractivity (Wildman–Crippen MR) is 82.7 cm³/mol. The van der Waals surface area contributed by atoms with Crippen molar-refractivity contribution >= 4 is 5.78 Å². The number of aliphatic hydroxyl groups excluding tert-OH is 1. The molecule has 2 fully saturated rings. The van der Waals surface area contributed by atoms with E-state index >= 15 is 0 Å². The number of aliphatic hydroxyl groups is 1. The minimum atomic E-state index is -0.179. The van der Waals surface area contributed by atoms with E-state index in [0.29, 0.717) is 23.0 Å². The predicted octanol–water partition coefficient (Wildman–Crippen LogP) is 3.80. The van der Waals surface area contributed by atoms with Gasteiger partial charge in [0, 0.05) is 11.8 Å². The average molecular weight is 286 g/mol. The summed E-state index contributed by atoms with van der Waals surface area (Å²) in [4.78, 5) is 11.7. The number of rotatable bonds is 0. The maximum Gasteiger partial charge on any atom is 0.155 e. The fraction of sp³-hybridized carbons (Fsp3) is 0.737. The van der Waals surface area contributed by atoms with Crippen LogP contribution in [0.3, 0.4) is 0 Å². The van der Waals surface area contributed by atoms with Gasteiger partial charge in [-0.05, 0) is 61.9 Å². The van der Waals surface area contributed by atoms with Crippen LogP contribution in [0.1, 0.15) is 58.8 Å². The van der Waals surface area contributed by atoms with Crippen molar-refractivity contribution in [3.8, 4) is 0 Å². The van der Waals surface area contributed by atoms with Gasteiger partial charge in [-0.25, -0.2) is 0 Å². The zero-order chi connectivity index (χ0) is 14.8. The molecule has 2 nitrogen and oxygen atoms in total. The molecule has 4 aliphatic carbocycles. The molecule has 0 bridgehead atoms. The maximum atomic E-state index is 11.7. The highest BCUT2D eigenvalue weighted by Crippen LogP contribution is 2.65. The highest BCUT2D eigenvalue weighted by atomic mass is 16.3. The molecular formula is C19H26O2. The van der Waals surface area contributed by atoms with E-state index in [0.717, 1.165) is 32.1 Å². The summed E-state index contributed by atoms with van der Waals surface area (Å²) >= 11 is 0. The average Bonchev–Trinajstić information content (AvgIpc) is 2.75. The Morgan fingerprint density at radius 3 is 2.71 bits per heavy atom. The Kier molecular flexibility index (Phi) is 2.83. The molecule has 0 aromatic carbocycles. The summed E-state index contributed by atoms with van der Waals surface area (Å²) < 4.78 is 0. The molecule has 21 heavy (non-hydrogen) atoms. The molecule has 114 valence electrons. The van der Waals surface area contributed by atoms with Crippen LogP contribution in [0.2, 0.25) is 0 Å². The van der Waals surface area contributed by atoms with E-state index < -0.39 is 0 Å². The molecule has 0 unspecified atom stereocenters. The second-order valence-electron chi connectivity index (χ2n) is 8.20. The van der Waals surface area contributed by atoms with Gasteiger partial charge in [0.2, 0.25) is 0 Å². The molecule has 0 radical (unpaired) electrons. The van der Waals surface area contributed by atoms with Crippen LogP contribution in [0.4, 0.5) is 0 Å². The van der Waals surface area contributed by atoms with Gasteiger partial charge in [0.1, 0.15) is 0 Å². The Hall–Kier alpha value is -0.890. The van der Waals surface area contributed by atoms with E-state index in [1.165, 1.54) is 18.4 Å². The van der Waals surface area contributed by atoms with E-state index in [1.54, 1.807) is 5.57 Å². The fourth-order valence-electron chi connectivity index (χ4n) is 5.90. The topological polar surface area (TPSA) is 37.3 Å². The number of hydrogen-bond donors (Lipinski definition) is 1. The zero-order valence-corrected chi connectivity index (χ0v) is 13.2. The second kappa shape index (κ2) is 4.32. The Morgan fingerprint density at radius 2 is 1.90 bits per heavy atom. The summed E-state index contributed by atoms with van der Waals surface area (Å²) in [5.74, 6) is 1.54. The fourth-order valence-corrected chi connectivity index (χ4v) is 5.90. The molecule has 0 spiro atoms. The van der Waals surface area contributed by atoms with Gasteiger partial charge in [-0.2, -0.15) is 0 Å². The van der Waals surface area contributed by atoms with E-state index in [-0.39, 0.29) is 11.5 Å². The van der Waals surface area contributed by atoms with Crippen molar-refractivity contribution < 1.29 is 9.90 Å². The summed E-state index contributed by atoms with van der Waals surface area (Å²) in [6, 6.07) is 0. The van der Waals surface area contributed by atoms with Gasteiger partial charge in [0.05, 0.1) is 6.10 Å². The van der Waals surface area contributed by atoms with Gasteiger partial charge in [-0.15, -0.1) is 0 Å². The third kappa shape index (κ3) is 1.72. The number of ketones is 1. The van der Waals surface area contributed by atoms with Crippen LogP contribution in [0, 0.1) is 22.7 Å². The lowest BCUT2D eigenvalue weighted by atomic mass is 9.47. The lowest BCUT2D eigenvalue weighted by Gasteiger charge is -2.57. The quantitative estimate of drug-likeness (QED) is 0.688. The van der Waals surface area contributed by atoms with Crippen molar-refractivity contribution in [3.05, 3.63) is 23.3 Å². The number of fused-ring (bicyclic) bond motifs is 5. The summed E-state index contributed by atoms with van der Waals surface area (Å²) in [5.41, 5.74) is 3.29. The van der Waals surface area contributed by atoms with Crippen LogP contribution in [-0.2, 0) is 4.79 Å². The first-order valence-corrected chi connectivity index (χ1v) is 8.57. The molecule has 4 aliphatic rings. The van der Waals surface area contributed by atoms with Gasteiger partial charge >= 0.3 is 0 Å². The van der Waals surface area contributed by atoms with Crippen molar-refractivity contribution in [3.63, 3.8) is 0 Å². The molecule has 2 heteroatoms. The largest absolute Gasteiger partial charge is 0.392 e. The molecule has 5 atom stereocenters. The lowest BCUT2D eigenvalue weighted by Crippen LogP contribution is -2.50.